The van der Waals surface area contributed by atoms with E-state index >= 15 is 0 Å². The molecule has 0 aliphatic carbocycles. The fraction of sp³-hybridized carbons (Fsp3) is 0.381. The van der Waals surface area contributed by atoms with Crippen LogP contribution in [0.2, 0.25) is 0 Å². The number of nitrogens with one attached hydrogen (secondary N) is 4. The Morgan fingerprint density at radius 1 is 0.886 bits per heavy atom. The van der Waals surface area contributed by atoms with Gasteiger partial charge in [0.05, 0.1) is 25.7 Å². The van der Waals surface area contributed by atoms with Gasteiger partial charge in [-0.1, -0.05) is 18.2 Å². The van der Waals surface area contributed by atoms with Crippen LogP contribution in [-0.2, 0) is 30.4 Å². The van der Waals surface area contributed by atoms with E-state index in [0.29, 0.717) is 0 Å². The molecular weight excluding hydrogens is 464 g/mol. The van der Waals surface area contributed by atoms with Crippen LogP contribution in [0.4, 0.5) is 0 Å². The number of hydrogen-bond acceptors (Lipinski definition) is 8. The quantitative estimate of drug-likeness (QED) is 0.134. The highest BCUT2D eigenvalue weighted by molar-refractivity contribution is 5.96. The summed E-state index contributed by atoms with van der Waals surface area (Å²) in [5.74, 6) is -5.46. The molecule has 0 radical (unpaired) electrons. The fourth-order valence-corrected chi connectivity index (χ4v) is 3.24. The standard InChI is InChI=1S/C21H28N6O8/c22-12(5-10-7-24-13-4-2-1-3-11(10)13)18(31)26-15(8-28)20(33)25-14(6-17(23)30)19(32)27-16(9-29)21(34)35/h1-4,7,12,14-16,24,28-29H,5-6,8-9,22H2,(H2,23,30)(H,25,33)(H,26,31)(H,27,32)(H,34,35). The van der Waals surface area contributed by atoms with Crippen molar-refractivity contribution >= 4 is 40.5 Å². The summed E-state index contributed by atoms with van der Waals surface area (Å²) in [4.78, 5) is 62.9. The van der Waals surface area contributed by atoms with Crippen molar-refractivity contribution in [3.05, 3.63) is 36.0 Å². The molecule has 1 aromatic carbocycles. The van der Waals surface area contributed by atoms with Gasteiger partial charge < -0.3 is 47.7 Å². The number of aliphatic hydroxyl groups excluding tert-OH is 2. The fourth-order valence-electron chi connectivity index (χ4n) is 3.24. The van der Waals surface area contributed by atoms with E-state index in [2.05, 4.69) is 15.6 Å². The van der Waals surface area contributed by atoms with Crippen LogP contribution in [0.5, 0.6) is 0 Å². The van der Waals surface area contributed by atoms with Gasteiger partial charge in [-0.15, -0.1) is 0 Å². The summed E-state index contributed by atoms with van der Waals surface area (Å²) >= 11 is 0. The predicted molar refractivity (Wildman–Crippen MR) is 121 cm³/mol. The lowest BCUT2D eigenvalue weighted by atomic mass is 10.0. The molecule has 0 aliphatic heterocycles. The number of carbonyl (C=O) groups excluding carboxylic acids is 4. The SMILES string of the molecule is NC(=O)CC(NC(=O)C(CO)NC(=O)C(N)Cc1c[nH]c2ccccc12)C(=O)NC(CO)C(=O)O. The second-order valence-electron chi connectivity index (χ2n) is 7.73. The first kappa shape index (κ1) is 27.2. The highest BCUT2D eigenvalue weighted by Gasteiger charge is 2.31. The zero-order valence-electron chi connectivity index (χ0n) is 18.6. The van der Waals surface area contributed by atoms with Gasteiger partial charge in [-0.3, -0.25) is 19.2 Å². The van der Waals surface area contributed by atoms with E-state index in [1.165, 1.54) is 0 Å². The van der Waals surface area contributed by atoms with Crippen LogP contribution in [0.1, 0.15) is 12.0 Å². The Kier molecular flexibility index (Phi) is 9.69. The number of aliphatic carboxylic acids is 1. The number of fused-ring (bicyclic) bond motifs is 1. The molecule has 14 nitrogen and oxygen atoms in total. The topological polar surface area (TPSA) is 250 Å². The summed E-state index contributed by atoms with van der Waals surface area (Å²) in [7, 11) is 0. The van der Waals surface area contributed by atoms with Gasteiger partial charge in [0.1, 0.15) is 18.1 Å². The number of nitrogens with two attached hydrogens (primary N) is 2. The second-order valence-corrected chi connectivity index (χ2v) is 7.73. The molecule has 2 rings (SSSR count). The third-order valence-electron chi connectivity index (χ3n) is 5.10. The van der Waals surface area contributed by atoms with Crippen molar-refractivity contribution in [2.75, 3.05) is 13.2 Å². The number of aliphatic hydroxyl groups is 2. The maximum Gasteiger partial charge on any atom is 0.328 e. The van der Waals surface area contributed by atoms with Crippen LogP contribution >= 0.6 is 0 Å². The summed E-state index contributed by atoms with van der Waals surface area (Å²) in [5, 5.41) is 34.8. The van der Waals surface area contributed by atoms with E-state index in [-0.39, 0.29) is 6.42 Å². The molecule has 4 unspecified atom stereocenters. The Hall–Kier alpha value is -4.01. The number of carboxylic acid groups (broad SMARTS) is 1. The number of H-pyrrole nitrogens is 1. The number of aromatic nitrogens is 1. The average molecular weight is 492 g/mol. The van der Waals surface area contributed by atoms with Crippen molar-refractivity contribution in [3.8, 4) is 0 Å². The molecule has 0 bridgehead atoms. The first-order chi connectivity index (χ1) is 16.6. The highest BCUT2D eigenvalue weighted by Crippen LogP contribution is 2.18. The Bertz CT molecular complexity index is 1090. The van der Waals surface area contributed by atoms with Crippen molar-refractivity contribution in [2.24, 2.45) is 11.5 Å². The smallest absolute Gasteiger partial charge is 0.328 e. The van der Waals surface area contributed by atoms with E-state index in [0.717, 1.165) is 16.5 Å². The number of carbonyl (C=O) groups is 5. The second kappa shape index (κ2) is 12.5. The number of benzene rings is 1. The van der Waals surface area contributed by atoms with Crippen LogP contribution in [0, 0.1) is 0 Å². The monoisotopic (exact) mass is 492 g/mol. The van der Waals surface area contributed by atoms with E-state index in [4.69, 9.17) is 21.7 Å². The number of aromatic amines is 1. The minimum Gasteiger partial charge on any atom is -0.480 e. The highest BCUT2D eigenvalue weighted by atomic mass is 16.4. The Labute approximate surface area is 199 Å². The number of primary amides is 1. The lowest BCUT2D eigenvalue weighted by Gasteiger charge is -2.23. The van der Waals surface area contributed by atoms with Gasteiger partial charge in [-0.05, 0) is 18.1 Å². The number of amides is 4. The van der Waals surface area contributed by atoms with Gasteiger partial charge in [-0.25, -0.2) is 4.79 Å². The number of hydrogen-bond donors (Lipinski definition) is 9. The van der Waals surface area contributed by atoms with Crippen LogP contribution in [0.15, 0.2) is 30.5 Å². The van der Waals surface area contributed by atoms with Crippen molar-refractivity contribution < 1.29 is 39.3 Å². The maximum absolute atomic E-state index is 12.6. The van der Waals surface area contributed by atoms with Crippen molar-refractivity contribution in [2.45, 2.75) is 37.0 Å². The van der Waals surface area contributed by atoms with E-state index < -0.39 is 73.4 Å². The molecule has 0 aliphatic rings. The van der Waals surface area contributed by atoms with Crippen molar-refractivity contribution in [1.29, 1.82) is 0 Å². The summed E-state index contributed by atoms with van der Waals surface area (Å²) < 4.78 is 0. The first-order valence-corrected chi connectivity index (χ1v) is 10.5. The molecule has 190 valence electrons. The van der Waals surface area contributed by atoms with Gasteiger partial charge >= 0.3 is 5.97 Å². The molecule has 0 spiro atoms. The molecule has 4 atom stereocenters. The molecule has 1 heterocycles. The third-order valence-corrected chi connectivity index (χ3v) is 5.10. The molecule has 1 aromatic heterocycles. The Morgan fingerprint density at radius 2 is 1.46 bits per heavy atom. The summed E-state index contributed by atoms with van der Waals surface area (Å²) in [6.45, 7) is -1.81. The average Bonchev–Trinajstić information content (AvgIpc) is 3.22. The summed E-state index contributed by atoms with van der Waals surface area (Å²) in [6, 6.07) is 1.45. The zero-order valence-corrected chi connectivity index (χ0v) is 18.6. The minimum atomic E-state index is -1.69. The summed E-state index contributed by atoms with van der Waals surface area (Å²) in [5.41, 5.74) is 12.7. The predicted octanol–water partition coefficient (Wildman–Crippen LogP) is -3.56. The number of rotatable bonds is 13. The van der Waals surface area contributed by atoms with Gasteiger partial charge in [-0.2, -0.15) is 0 Å². The van der Waals surface area contributed by atoms with Gasteiger partial charge in [0.25, 0.3) is 0 Å². The van der Waals surface area contributed by atoms with Crippen LogP contribution in [0.25, 0.3) is 10.9 Å². The summed E-state index contributed by atoms with van der Waals surface area (Å²) in [6.07, 6.45) is 1.12. The van der Waals surface area contributed by atoms with E-state index in [1.54, 1.807) is 6.20 Å². The molecule has 4 amide bonds. The van der Waals surface area contributed by atoms with Crippen molar-refractivity contribution in [1.82, 2.24) is 20.9 Å². The van der Waals surface area contributed by atoms with Gasteiger partial charge in [0, 0.05) is 17.1 Å². The molecule has 0 saturated heterocycles. The Balaban J connectivity index is 2.04. The van der Waals surface area contributed by atoms with Crippen LogP contribution < -0.4 is 27.4 Å². The van der Waals surface area contributed by atoms with Crippen molar-refractivity contribution in [3.63, 3.8) is 0 Å². The number of para-hydroxylation sites is 1. The third kappa shape index (κ3) is 7.49. The normalized spacial score (nSPS) is 14.4. The lowest BCUT2D eigenvalue weighted by Crippen LogP contribution is -2.59. The Morgan fingerprint density at radius 3 is 2.06 bits per heavy atom. The lowest BCUT2D eigenvalue weighted by molar-refractivity contribution is -0.143. The van der Waals surface area contributed by atoms with E-state index in [1.807, 2.05) is 29.6 Å². The zero-order chi connectivity index (χ0) is 26.1. The van der Waals surface area contributed by atoms with E-state index in [9.17, 15) is 29.1 Å². The first-order valence-electron chi connectivity index (χ1n) is 10.5. The molecule has 0 saturated carbocycles. The molecule has 11 N–H and O–H groups in total. The molecular formula is C21H28N6O8. The largest absolute Gasteiger partial charge is 0.480 e. The molecule has 2 aromatic rings. The maximum atomic E-state index is 12.6. The van der Waals surface area contributed by atoms with Crippen LogP contribution in [0.3, 0.4) is 0 Å². The van der Waals surface area contributed by atoms with Gasteiger partial charge in [0.2, 0.25) is 23.6 Å². The van der Waals surface area contributed by atoms with Crippen LogP contribution in [-0.4, -0.2) is 87.3 Å². The number of carboxylic acids is 1. The molecule has 0 fully saturated rings. The molecule has 14 heteroatoms. The van der Waals surface area contributed by atoms with Gasteiger partial charge in [0.15, 0.2) is 0 Å². The minimum absolute atomic E-state index is 0.125. The molecule has 35 heavy (non-hydrogen) atoms.